The van der Waals surface area contributed by atoms with E-state index in [0.717, 1.165) is 12.1 Å². The molecule has 0 aliphatic rings. The normalized spacial score (nSPS) is 14.0. The highest BCUT2D eigenvalue weighted by Gasteiger charge is 2.34. The number of benzene rings is 1. The third kappa shape index (κ3) is 2.82. The number of halogens is 5. The van der Waals surface area contributed by atoms with Crippen molar-refractivity contribution in [3.05, 3.63) is 34.3 Å². The molecule has 0 radical (unpaired) electrons. The Morgan fingerprint density at radius 1 is 1.33 bits per heavy atom. The van der Waals surface area contributed by atoms with E-state index in [4.69, 9.17) is 17.3 Å². The van der Waals surface area contributed by atoms with E-state index in [1.807, 2.05) is 0 Å². The standard InChI is InChI=1S/C9H8ClF4N/c10-5-1-2-6(8(15)4-11)7(3-5)9(12,13)14/h1-3,8H,4,15H2/t8-/m0/s1. The molecule has 0 amide bonds. The lowest BCUT2D eigenvalue weighted by Crippen LogP contribution is -2.18. The summed E-state index contributed by atoms with van der Waals surface area (Å²) in [5.41, 5.74) is 3.95. The van der Waals surface area contributed by atoms with Crippen LogP contribution in [0.25, 0.3) is 0 Å². The van der Waals surface area contributed by atoms with Gasteiger partial charge in [0.05, 0.1) is 11.6 Å². The smallest absolute Gasteiger partial charge is 0.322 e. The molecule has 2 N–H and O–H groups in total. The van der Waals surface area contributed by atoms with E-state index in [1.54, 1.807) is 0 Å². The number of alkyl halides is 4. The third-order valence-electron chi connectivity index (χ3n) is 1.89. The average Bonchev–Trinajstić information content (AvgIpc) is 2.15. The van der Waals surface area contributed by atoms with Gasteiger partial charge in [-0.05, 0) is 17.7 Å². The topological polar surface area (TPSA) is 26.0 Å². The fraction of sp³-hybridized carbons (Fsp3) is 0.333. The van der Waals surface area contributed by atoms with E-state index >= 15 is 0 Å². The minimum Gasteiger partial charge on any atom is -0.322 e. The van der Waals surface area contributed by atoms with Gasteiger partial charge in [0.25, 0.3) is 0 Å². The van der Waals surface area contributed by atoms with E-state index < -0.39 is 24.5 Å². The molecule has 0 bridgehead atoms. The first kappa shape index (κ1) is 12.3. The van der Waals surface area contributed by atoms with Gasteiger partial charge < -0.3 is 5.73 Å². The summed E-state index contributed by atoms with van der Waals surface area (Å²) in [7, 11) is 0. The number of rotatable bonds is 2. The van der Waals surface area contributed by atoms with E-state index in [1.165, 1.54) is 6.07 Å². The predicted octanol–water partition coefficient (Wildman–Crippen LogP) is 3.33. The maximum absolute atomic E-state index is 12.5. The molecule has 0 aliphatic carbocycles. The Kier molecular flexibility index (Phi) is 3.57. The summed E-state index contributed by atoms with van der Waals surface area (Å²) in [6.45, 7) is -1.05. The van der Waals surface area contributed by atoms with Crippen molar-refractivity contribution >= 4 is 11.6 Å². The van der Waals surface area contributed by atoms with Crippen LogP contribution in [0.3, 0.4) is 0 Å². The molecule has 6 heteroatoms. The van der Waals surface area contributed by atoms with Gasteiger partial charge in [0.15, 0.2) is 0 Å². The Morgan fingerprint density at radius 3 is 2.40 bits per heavy atom. The lowest BCUT2D eigenvalue weighted by atomic mass is 10.0. The number of hydrogen-bond acceptors (Lipinski definition) is 1. The molecule has 0 aliphatic heterocycles. The zero-order valence-corrected chi connectivity index (χ0v) is 8.24. The largest absolute Gasteiger partial charge is 0.416 e. The van der Waals surface area contributed by atoms with Gasteiger partial charge in [0.1, 0.15) is 6.67 Å². The van der Waals surface area contributed by atoms with Gasteiger partial charge in [-0.15, -0.1) is 0 Å². The fourth-order valence-corrected chi connectivity index (χ4v) is 1.35. The Bertz CT molecular complexity index is 350. The highest BCUT2D eigenvalue weighted by molar-refractivity contribution is 6.30. The van der Waals surface area contributed by atoms with Gasteiger partial charge in [-0.2, -0.15) is 13.2 Å². The van der Waals surface area contributed by atoms with Crippen LogP contribution in [0.5, 0.6) is 0 Å². The molecule has 1 atom stereocenters. The van der Waals surface area contributed by atoms with Crippen molar-refractivity contribution in [1.82, 2.24) is 0 Å². The summed E-state index contributed by atoms with van der Waals surface area (Å²) in [5, 5.41) is -0.0582. The molecule has 1 aromatic rings. The van der Waals surface area contributed by atoms with Gasteiger partial charge in [-0.3, -0.25) is 0 Å². The van der Waals surface area contributed by atoms with E-state index in [-0.39, 0.29) is 10.6 Å². The SMILES string of the molecule is N[C@@H](CF)c1ccc(Cl)cc1C(F)(F)F. The summed E-state index contributed by atoms with van der Waals surface area (Å²) < 4.78 is 49.7. The van der Waals surface area contributed by atoms with Crippen molar-refractivity contribution in [2.45, 2.75) is 12.2 Å². The van der Waals surface area contributed by atoms with Crippen molar-refractivity contribution in [3.63, 3.8) is 0 Å². The summed E-state index contributed by atoms with van der Waals surface area (Å²) >= 11 is 5.44. The molecule has 0 unspecified atom stereocenters. The van der Waals surface area contributed by atoms with Crippen LogP contribution in [0.1, 0.15) is 17.2 Å². The maximum atomic E-state index is 12.5. The molecule has 0 spiro atoms. The van der Waals surface area contributed by atoms with Gasteiger partial charge in [0, 0.05) is 5.02 Å². The molecule has 0 saturated carbocycles. The summed E-state index contributed by atoms with van der Waals surface area (Å²) in [6.07, 6.45) is -4.58. The zero-order chi connectivity index (χ0) is 11.6. The molecular formula is C9H8ClF4N. The monoisotopic (exact) mass is 241 g/mol. The van der Waals surface area contributed by atoms with E-state index in [9.17, 15) is 17.6 Å². The second kappa shape index (κ2) is 4.37. The van der Waals surface area contributed by atoms with Gasteiger partial charge in [0.2, 0.25) is 0 Å². The van der Waals surface area contributed by atoms with Crippen LogP contribution < -0.4 is 5.73 Å². The fourth-order valence-electron chi connectivity index (χ4n) is 1.18. The first-order valence-electron chi connectivity index (χ1n) is 4.04. The molecule has 1 rings (SSSR count). The Labute approximate surface area is 88.8 Å². The highest BCUT2D eigenvalue weighted by atomic mass is 35.5. The first-order valence-corrected chi connectivity index (χ1v) is 4.42. The lowest BCUT2D eigenvalue weighted by Gasteiger charge is -2.16. The highest BCUT2D eigenvalue weighted by Crippen LogP contribution is 2.35. The third-order valence-corrected chi connectivity index (χ3v) is 2.12. The van der Waals surface area contributed by atoms with Crippen molar-refractivity contribution < 1.29 is 17.6 Å². The number of nitrogens with two attached hydrogens (primary N) is 1. The van der Waals surface area contributed by atoms with Gasteiger partial charge in [-0.1, -0.05) is 17.7 Å². The van der Waals surface area contributed by atoms with Crippen LogP contribution in [-0.4, -0.2) is 6.67 Å². The van der Waals surface area contributed by atoms with Crippen LogP contribution in [0.2, 0.25) is 5.02 Å². The van der Waals surface area contributed by atoms with Crippen molar-refractivity contribution in [2.75, 3.05) is 6.67 Å². The van der Waals surface area contributed by atoms with Gasteiger partial charge >= 0.3 is 6.18 Å². The minimum atomic E-state index is -4.58. The van der Waals surface area contributed by atoms with E-state index in [2.05, 4.69) is 0 Å². The summed E-state index contributed by atoms with van der Waals surface area (Å²) in [6, 6.07) is 1.81. The van der Waals surface area contributed by atoms with Crippen LogP contribution in [-0.2, 0) is 6.18 Å². The van der Waals surface area contributed by atoms with Crippen molar-refractivity contribution in [3.8, 4) is 0 Å². The van der Waals surface area contributed by atoms with Gasteiger partial charge in [-0.25, -0.2) is 4.39 Å². The summed E-state index contributed by atoms with van der Waals surface area (Å²) in [5.74, 6) is 0. The summed E-state index contributed by atoms with van der Waals surface area (Å²) in [4.78, 5) is 0. The quantitative estimate of drug-likeness (QED) is 0.790. The Hall–Kier alpha value is -0.810. The van der Waals surface area contributed by atoms with Crippen LogP contribution >= 0.6 is 11.6 Å². The second-order valence-electron chi connectivity index (χ2n) is 2.99. The Morgan fingerprint density at radius 2 is 1.93 bits per heavy atom. The molecule has 0 fully saturated rings. The van der Waals surface area contributed by atoms with Crippen molar-refractivity contribution in [2.24, 2.45) is 5.73 Å². The maximum Gasteiger partial charge on any atom is 0.416 e. The minimum absolute atomic E-state index is 0.0582. The zero-order valence-electron chi connectivity index (χ0n) is 7.48. The van der Waals surface area contributed by atoms with Crippen LogP contribution in [0, 0.1) is 0 Å². The van der Waals surface area contributed by atoms with Crippen LogP contribution in [0.15, 0.2) is 18.2 Å². The van der Waals surface area contributed by atoms with Crippen molar-refractivity contribution in [1.29, 1.82) is 0 Å². The second-order valence-corrected chi connectivity index (χ2v) is 3.43. The molecule has 0 heterocycles. The number of hydrogen-bond donors (Lipinski definition) is 1. The molecule has 0 aromatic heterocycles. The van der Waals surface area contributed by atoms with Crippen LogP contribution in [0.4, 0.5) is 17.6 Å². The first-order chi connectivity index (χ1) is 6.86. The molecule has 1 aromatic carbocycles. The van der Waals surface area contributed by atoms with E-state index in [0.29, 0.717) is 0 Å². The Balaban J connectivity index is 3.27. The molecule has 15 heavy (non-hydrogen) atoms. The molecule has 1 nitrogen and oxygen atoms in total. The lowest BCUT2D eigenvalue weighted by molar-refractivity contribution is -0.138. The molecule has 84 valence electrons. The molecular weight excluding hydrogens is 234 g/mol. The molecule has 0 saturated heterocycles. The average molecular weight is 242 g/mol. The predicted molar refractivity (Wildman–Crippen MR) is 49.4 cm³/mol.